The van der Waals surface area contributed by atoms with Crippen LogP contribution in [0.4, 0.5) is 0 Å². The predicted molar refractivity (Wildman–Crippen MR) is 70.4 cm³/mol. The smallest absolute Gasteiger partial charge is 0.141 e. The molecule has 0 spiro atoms. The fourth-order valence-electron chi connectivity index (χ4n) is 1.57. The molecule has 0 amide bonds. The molecule has 0 saturated carbocycles. The van der Waals surface area contributed by atoms with Crippen molar-refractivity contribution in [3.05, 3.63) is 53.0 Å². The highest BCUT2D eigenvalue weighted by molar-refractivity contribution is 6.31. The molecule has 0 bridgehead atoms. The third-order valence-electron chi connectivity index (χ3n) is 2.43. The molecule has 4 nitrogen and oxygen atoms in total. The van der Waals surface area contributed by atoms with Crippen LogP contribution in [0.3, 0.4) is 0 Å². The van der Waals surface area contributed by atoms with Crippen LogP contribution in [0, 0.1) is 0 Å². The highest BCUT2D eigenvalue weighted by atomic mass is 35.5. The van der Waals surface area contributed by atoms with Gasteiger partial charge in [0.25, 0.3) is 0 Å². The van der Waals surface area contributed by atoms with E-state index >= 15 is 0 Å². The number of halogens is 1. The molecule has 0 aliphatic heterocycles. The number of hydrogen-bond acceptors (Lipinski definition) is 4. The number of furan rings is 1. The van der Waals surface area contributed by atoms with Gasteiger partial charge in [-0.3, -0.25) is 0 Å². The summed E-state index contributed by atoms with van der Waals surface area (Å²) in [6, 6.07) is 7.10. The molecule has 1 aromatic carbocycles. The van der Waals surface area contributed by atoms with Gasteiger partial charge in [0, 0.05) is 10.4 Å². The van der Waals surface area contributed by atoms with Gasteiger partial charge >= 0.3 is 0 Å². The Morgan fingerprint density at radius 3 is 2.89 bits per heavy atom. The maximum Gasteiger partial charge on any atom is 0.141 e. The number of carbonyl (C=O) groups is 1. The lowest BCUT2D eigenvalue weighted by Gasteiger charge is -2.03. The quantitative estimate of drug-likeness (QED) is 0.489. The maximum absolute atomic E-state index is 10.6. The van der Waals surface area contributed by atoms with Crippen LogP contribution in [0.25, 0.3) is 17.0 Å². The molecule has 0 unspecified atom stereocenters. The van der Waals surface area contributed by atoms with Crippen molar-refractivity contribution in [1.82, 2.24) is 0 Å². The van der Waals surface area contributed by atoms with Crippen LogP contribution in [0.15, 0.2) is 46.6 Å². The van der Waals surface area contributed by atoms with Crippen LogP contribution >= 0.6 is 11.6 Å². The molecule has 0 saturated heterocycles. The maximum atomic E-state index is 10.6. The Morgan fingerprint density at radius 2 is 2.21 bits per heavy atom. The topological polar surface area (TPSA) is 62.5 Å². The van der Waals surface area contributed by atoms with E-state index in [1.54, 1.807) is 30.3 Å². The first-order chi connectivity index (χ1) is 9.10. The number of hydrogen-bond donors (Lipinski definition) is 0. The standard InChI is InChI=1S/C14H11ClO4/c1-18-13(14(16)17)4-2-3-11-8-9-7-10(15)5-6-12(9)19-11/h2-8H,1H3,(H,16,17)/p-1/b3-2+,13-4-. The minimum absolute atomic E-state index is 0.254. The van der Waals surface area contributed by atoms with Gasteiger partial charge in [-0.05, 0) is 36.4 Å². The van der Waals surface area contributed by atoms with Gasteiger partial charge in [-0.25, -0.2) is 0 Å². The minimum atomic E-state index is -1.37. The fourth-order valence-corrected chi connectivity index (χ4v) is 1.75. The van der Waals surface area contributed by atoms with Crippen molar-refractivity contribution in [2.75, 3.05) is 7.11 Å². The zero-order valence-corrected chi connectivity index (χ0v) is 10.8. The van der Waals surface area contributed by atoms with Gasteiger partial charge in [0.1, 0.15) is 23.1 Å². The Morgan fingerprint density at radius 1 is 1.42 bits per heavy atom. The molecule has 0 N–H and O–H groups in total. The van der Waals surface area contributed by atoms with Gasteiger partial charge in [0.15, 0.2) is 0 Å². The molecular formula is C14H10ClO4-. The normalized spacial score (nSPS) is 12.2. The van der Waals surface area contributed by atoms with Crippen molar-refractivity contribution in [3.63, 3.8) is 0 Å². The molecule has 2 aromatic rings. The molecule has 0 aliphatic carbocycles. The van der Waals surface area contributed by atoms with Gasteiger partial charge in [-0.1, -0.05) is 17.7 Å². The summed E-state index contributed by atoms with van der Waals surface area (Å²) in [6.07, 6.45) is 4.42. The largest absolute Gasteiger partial charge is 0.542 e. The van der Waals surface area contributed by atoms with E-state index in [0.29, 0.717) is 16.4 Å². The predicted octanol–water partition coefficient (Wildman–Crippen LogP) is 2.38. The second-order valence-electron chi connectivity index (χ2n) is 3.71. The molecule has 0 atom stereocenters. The molecule has 0 aliphatic rings. The number of allylic oxidation sites excluding steroid dienone is 2. The van der Waals surface area contributed by atoms with Crippen LogP contribution in [-0.2, 0) is 9.53 Å². The molecule has 2 rings (SSSR count). The average molecular weight is 278 g/mol. The van der Waals surface area contributed by atoms with Crippen LogP contribution in [0.2, 0.25) is 5.02 Å². The van der Waals surface area contributed by atoms with Crippen molar-refractivity contribution < 1.29 is 19.1 Å². The monoisotopic (exact) mass is 277 g/mol. The number of carboxylic acid groups (broad SMARTS) is 1. The van der Waals surface area contributed by atoms with Crippen molar-refractivity contribution in [1.29, 1.82) is 0 Å². The Hall–Kier alpha value is -2.20. The zero-order valence-electron chi connectivity index (χ0n) is 10.1. The summed E-state index contributed by atoms with van der Waals surface area (Å²) in [6.45, 7) is 0. The molecule has 1 aromatic heterocycles. The number of carbonyl (C=O) groups excluding carboxylic acids is 1. The van der Waals surface area contributed by atoms with E-state index in [2.05, 4.69) is 4.74 Å². The van der Waals surface area contributed by atoms with Crippen LogP contribution in [0.5, 0.6) is 0 Å². The molecule has 19 heavy (non-hydrogen) atoms. The van der Waals surface area contributed by atoms with Gasteiger partial charge in [0.2, 0.25) is 0 Å². The summed E-state index contributed by atoms with van der Waals surface area (Å²) in [5, 5.41) is 12.1. The van der Waals surface area contributed by atoms with Crippen LogP contribution in [-0.4, -0.2) is 13.1 Å². The van der Waals surface area contributed by atoms with Crippen molar-refractivity contribution >= 4 is 34.6 Å². The number of ether oxygens (including phenoxy) is 1. The summed E-state index contributed by atoms with van der Waals surface area (Å²) in [5.41, 5.74) is 0.708. The highest BCUT2D eigenvalue weighted by Crippen LogP contribution is 2.23. The van der Waals surface area contributed by atoms with Crippen molar-refractivity contribution in [2.45, 2.75) is 0 Å². The van der Waals surface area contributed by atoms with Crippen LogP contribution < -0.4 is 5.11 Å². The van der Waals surface area contributed by atoms with E-state index in [1.165, 1.54) is 19.3 Å². The first kappa shape index (κ1) is 13.2. The number of carboxylic acids is 1. The minimum Gasteiger partial charge on any atom is -0.542 e. The molecule has 1 heterocycles. The van der Waals surface area contributed by atoms with Gasteiger partial charge in [-0.2, -0.15) is 0 Å². The van der Waals surface area contributed by atoms with E-state index in [4.69, 9.17) is 16.0 Å². The average Bonchev–Trinajstić information content (AvgIpc) is 2.75. The molecule has 98 valence electrons. The van der Waals surface area contributed by atoms with E-state index < -0.39 is 5.97 Å². The SMILES string of the molecule is CO/C(=C\C=C\c1cc2cc(Cl)ccc2o1)C(=O)[O-]. The number of fused-ring (bicyclic) bond motifs is 1. The lowest BCUT2D eigenvalue weighted by molar-refractivity contribution is -0.302. The third kappa shape index (κ3) is 3.17. The van der Waals surface area contributed by atoms with E-state index in [1.807, 2.05) is 0 Å². The second-order valence-corrected chi connectivity index (χ2v) is 4.15. The third-order valence-corrected chi connectivity index (χ3v) is 2.66. The van der Waals surface area contributed by atoms with Gasteiger partial charge in [-0.15, -0.1) is 0 Å². The lowest BCUT2D eigenvalue weighted by Crippen LogP contribution is -2.25. The summed E-state index contributed by atoms with van der Waals surface area (Å²) < 4.78 is 10.1. The Bertz CT molecular complexity index is 667. The Kier molecular flexibility index (Phi) is 3.92. The molecular weight excluding hydrogens is 268 g/mol. The summed E-state index contributed by atoms with van der Waals surface area (Å²) in [4.78, 5) is 10.6. The number of benzene rings is 1. The second kappa shape index (κ2) is 5.63. The number of aliphatic carboxylic acids is 1. The van der Waals surface area contributed by atoms with E-state index in [0.717, 1.165) is 5.39 Å². The van der Waals surface area contributed by atoms with Crippen molar-refractivity contribution in [3.8, 4) is 0 Å². The Labute approximate surface area is 114 Å². The first-order valence-corrected chi connectivity index (χ1v) is 5.81. The highest BCUT2D eigenvalue weighted by Gasteiger charge is 2.01. The molecule has 0 fully saturated rings. The lowest BCUT2D eigenvalue weighted by atomic mass is 10.2. The molecule has 0 radical (unpaired) electrons. The molecule has 5 heteroatoms. The van der Waals surface area contributed by atoms with Gasteiger partial charge in [0.05, 0.1) is 7.11 Å². The van der Waals surface area contributed by atoms with E-state index in [-0.39, 0.29) is 5.76 Å². The van der Waals surface area contributed by atoms with Gasteiger partial charge < -0.3 is 19.1 Å². The fraction of sp³-hybridized carbons (Fsp3) is 0.0714. The van der Waals surface area contributed by atoms with E-state index in [9.17, 15) is 9.90 Å². The summed E-state index contributed by atoms with van der Waals surface area (Å²) in [5.74, 6) is -1.04. The zero-order chi connectivity index (χ0) is 13.8. The van der Waals surface area contributed by atoms with Crippen molar-refractivity contribution in [2.24, 2.45) is 0 Å². The summed E-state index contributed by atoms with van der Waals surface area (Å²) >= 11 is 5.87. The Balaban J connectivity index is 2.24. The summed E-state index contributed by atoms with van der Waals surface area (Å²) in [7, 11) is 1.26. The number of methoxy groups -OCH3 is 1. The number of rotatable bonds is 4. The first-order valence-electron chi connectivity index (χ1n) is 5.43. The van der Waals surface area contributed by atoms with Crippen LogP contribution in [0.1, 0.15) is 5.76 Å².